The summed E-state index contributed by atoms with van der Waals surface area (Å²) < 4.78 is 23.4. The van der Waals surface area contributed by atoms with Gasteiger partial charge in [-0.25, -0.2) is 0 Å². The molecule has 0 bridgehead atoms. The molecular weight excluding hydrogens is 295 g/mol. The molecule has 0 radical (unpaired) electrons. The second-order valence-corrected chi connectivity index (χ2v) is 6.78. The maximum Gasteiger partial charge on any atom is 0.354 e. The van der Waals surface area contributed by atoms with Gasteiger partial charge >= 0.3 is 7.60 Å². The molecule has 1 aromatic rings. The Balaban J connectivity index is 2.97. The van der Waals surface area contributed by atoms with Crippen molar-refractivity contribution in [2.75, 3.05) is 13.2 Å². The summed E-state index contributed by atoms with van der Waals surface area (Å²) >= 11 is 0. The second-order valence-electron chi connectivity index (χ2n) is 4.93. The van der Waals surface area contributed by atoms with Gasteiger partial charge in [0.2, 0.25) is 0 Å². The summed E-state index contributed by atoms with van der Waals surface area (Å²) in [5.41, 5.74) is 2.11. The Hall–Kier alpha value is -1.15. The average Bonchev–Trinajstić information content (AvgIpc) is 2.51. The molecule has 0 amide bonds. The van der Waals surface area contributed by atoms with Gasteiger partial charge in [-0.3, -0.25) is 4.57 Å². The van der Waals surface area contributed by atoms with Gasteiger partial charge in [-0.2, -0.15) is 0 Å². The molecule has 1 rings (SSSR count). The van der Waals surface area contributed by atoms with Crippen LogP contribution in [0.2, 0.25) is 0 Å². The lowest BCUT2D eigenvalue weighted by molar-refractivity contribution is 0.228. The highest BCUT2D eigenvalue weighted by atomic mass is 31.2. The van der Waals surface area contributed by atoms with Crippen LogP contribution < -0.4 is 0 Å². The van der Waals surface area contributed by atoms with Gasteiger partial charge in [-0.1, -0.05) is 55.8 Å². The van der Waals surface area contributed by atoms with Crippen molar-refractivity contribution in [2.24, 2.45) is 0 Å². The molecule has 0 spiro atoms. The van der Waals surface area contributed by atoms with Gasteiger partial charge < -0.3 is 9.05 Å². The minimum Gasteiger partial charge on any atom is -0.306 e. The Morgan fingerprint density at radius 2 is 1.73 bits per heavy atom. The summed E-state index contributed by atoms with van der Waals surface area (Å²) in [4.78, 5) is 0. The number of allylic oxidation sites excluding steroid dienone is 2. The van der Waals surface area contributed by atoms with E-state index in [1.165, 1.54) is 0 Å². The van der Waals surface area contributed by atoms with E-state index < -0.39 is 7.60 Å². The van der Waals surface area contributed by atoms with Crippen LogP contribution in [0.3, 0.4) is 0 Å². The molecule has 0 saturated heterocycles. The van der Waals surface area contributed by atoms with E-state index in [0.717, 1.165) is 30.4 Å². The molecule has 1 aromatic carbocycles. The topological polar surface area (TPSA) is 35.5 Å². The third-order valence-corrected chi connectivity index (χ3v) is 4.93. The lowest BCUT2D eigenvalue weighted by Gasteiger charge is -2.14. The minimum absolute atomic E-state index is 0.372. The molecule has 0 aliphatic rings. The number of rotatable bonds is 10. The van der Waals surface area contributed by atoms with E-state index in [0.29, 0.717) is 13.2 Å². The number of unbranched alkanes of at least 4 members (excludes halogenated alkanes) is 1. The highest BCUT2D eigenvalue weighted by molar-refractivity contribution is 7.57. The molecule has 122 valence electrons. The van der Waals surface area contributed by atoms with E-state index in [1.807, 2.05) is 56.3 Å². The maximum atomic E-state index is 12.6. The van der Waals surface area contributed by atoms with Crippen LogP contribution in [-0.4, -0.2) is 13.2 Å². The fourth-order valence-electron chi connectivity index (χ4n) is 2.01. The van der Waals surface area contributed by atoms with Gasteiger partial charge in [0.1, 0.15) is 0 Å². The van der Waals surface area contributed by atoms with Crippen molar-refractivity contribution in [1.29, 1.82) is 0 Å². The van der Waals surface area contributed by atoms with Crippen LogP contribution >= 0.6 is 7.60 Å². The van der Waals surface area contributed by atoms with Gasteiger partial charge in [-0.15, -0.1) is 0 Å². The van der Waals surface area contributed by atoms with E-state index in [1.54, 1.807) is 5.82 Å². The maximum absolute atomic E-state index is 12.6. The van der Waals surface area contributed by atoms with Crippen molar-refractivity contribution in [2.45, 2.75) is 40.0 Å². The third-order valence-electron chi connectivity index (χ3n) is 3.05. The van der Waals surface area contributed by atoms with Gasteiger partial charge in [0.05, 0.1) is 13.2 Å². The standard InChI is InChI=1S/C18H27O3P/c1-4-7-11-18(15-14-17-12-9-8-10-13-17)16-22(19,20-5-2)21-6-3/h8-10,12-16H,4-7,11H2,1-3H3/b15-14+,18-16-. The lowest BCUT2D eigenvalue weighted by Crippen LogP contribution is -1.94. The summed E-state index contributed by atoms with van der Waals surface area (Å²) in [6.07, 6.45) is 7.04. The van der Waals surface area contributed by atoms with Crippen molar-refractivity contribution in [1.82, 2.24) is 0 Å². The van der Waals surface area contributed by atoms with Crippen LogP contribution in [0.25, 0.3) is 6.08 Å². The first-order valence-corrected chi connectivity index (χ1v) is 9.58. The van der Waals surface area contributed by atoms with Crippen LogP contribution in [0.5, 0.6) is 0 Å². The Bertz CT molecular complexity index is 510. The molecule has 0 aromatic heterocycles. The minimum atomic E-state index is -3.15. The normalized spacial score (nSPS) is 13.0. The number of hydrogen-bond donors (Lipinski definition) is 0. The first-order valence-electron chi connectivity index (χ1n) is 7.97. The first-order chi connectivity index (χ1) is 10.6. The average molecular weight is 322 g/mol. The third kappa shape index (κ3) is 7.22. The molecule has 0 heterocycles. The van der Waals surface area contributed by atoms with Crippen molar-refractivity contribution < 1.29 is 13.6 Å². The first kappa shape index (κ1) is 18.9. The quantitative estimate of drug-likeness (QED) is 0.389. The van der Waals surface area contributed by atoms with Gasteiger partial charge in [-0.05, 0) is 37.8 Å². The molecule has 4 heteroatoms. The summed E-state index contributed by atoms with van der Waals surface area (Å²) in [6, 6.07) is 10.1. The number of benzene rings is 1. The summed E-state index contributed by atoms with van der Waals surface area (Å²) in [5, 5.41) is 0. The van der Waals surface area contributed by atoms with Crippen molar-refractivity contribution in [3.8, 4) is 0 Å². The van der Waals surface area contributed by atoms with Crippen LogP contribution in [0, 0.1) is 0 Å². The van der Waals surface area contributed by atoms with E-state index in [-0.39, 0.29) is 0 Å². The van der Waals surface area contributed by atoms with Gasteiger partial charge in [0.25, 0.3) is 0 Å². The Labute approximate surface area is 134 Å². The Morgan fingerprint density at radius 1 is 1.09 bits per heavy atom. The monoisotopic (exact) mass is 322 g/mol. The molecule has 0 fully saturated rings. The molecule has 0 aliphatic carbocycles. The van der Waals surface area contributed by atoms with E-state index in [4.69, 9.17) is 9.05 Å². The molecule has 0 saturated carbocycles. The molecule has 0 N–H and O–H groups in total. The Morgan fingerprint density at radius 3 is 2.27 bits per heavy atom. The zero-order chi connectivity index (χ0) is 16.3. The molecule has 0 unspecified atom stereocenters. The van der Waals surface area contributed by atoms with E-state index >= 15 is 0 Å². The van der Waals surface area contributed by atoms with E-state index in [2.05, 4.69) is 6.92 Å². The fraction of sp³-hybridized carbons (Fsp3) is 0.444. The summed E-state index contributed by atoms with van der Waals surface area (Å²) in [6.45, 7) is 6.54. The lowest BCUT2D eigenvalue weighted by atomic mass is 10.1. The largest absolute Gasteiger partial charge is 0.354 e. The predicted molar refractivity (Wildman–Crippen MR) is 93.9 cm³/mol. The zero-order valence-electron chi connectivity index (χ0n) is 13.8. The molecule has 0 aliphatic heterocycles. The molecule has 22 heavy (non-hydrogen) atoms. The highest BCUT2D eigenvalue weighted by Crippen LogP contribution is 2.51. The van der Waals surface area contributed by atoms with Crippen LogP contribution in [0.15, 0.2) is 47.8 Å². The van der Waals surface area contributed by atoms with Crippen molar-refractivity contribution in [3.05, 3.63) is 53.4 Å². The summed E-state index contributed by atoms with van der Waals surface area (Å²) in [5.74, 6) is 1.68. The Kier molecular flexibility index (Phi) is 9.07. The smallest absolute Gasteiger partial charge is 0.306 e. The highest BCUT2D eigenvalue weighted by Gasteiger charge is 2.20. The van der Waals surface area contributed by atoms with Crippen LogP contribution in [0.1, 0.15) is 45.6 Å². The summed E-state index contributed by atoms with van der Waals surface area (Å²) in [7, 11) is -3.15. The van der Waals surface area contributed by atoms with Gasteiger partial charge in [0.15, 0.2) is 0 Å². The molecular formula is C18H27O3P. The molecule has 0 atom stereocenters. The van der Waals surface area contributed by atoms with Crippen LogP contribution in [0.4, 0.5) is 0 Å². The van der Waals surface area contributed by atoms with Crippen LogP contribution in [-0.2, 0) is 13.6 Å². The SMILES string of the molecule is CCCCC(=C/P(=O)(OCC)OCC)/C=C/c1ccccc1. The zero-order valence-corrected chi connectivity index (χ0v) is 14.7. The van der Waals surface area contributed by atoms with Gasteiger partial charge in [0, 0.05) is 5.82 Å². The van der Waals surface area contributed by atoms with Crippen molar-refractivity contribution >= 4 is 13.7 Å². The predicted octanol–water partition coefficient (Wildman–Crippen LogP) is 6.04. The molecule has 3 nitrogen and oxygen atoms in total. The van der Waals surface area contributed by atoms with E-state index in [9.17, 15) is 4.57 Å². The second kappa shape index (κ2) is 10.6. The number of hydrogen-bond acceptors (Lipinski definition) is 3. The van der Waals surface area contributed by atoms with Crippen molar-refractivity contribution in [3.63, 3.8) is 0 Å². The fourth-order valence-corrected chi connectivity index (χ4v) is 3.58.